The van der Waals surface area contributed by atoms with Gasteiger partial charge in [-0.05, 0) is 50.1 Å². The molecule has 0 aromatic rings. The van der Waals surface area contributed by atoms with Crippen molar-refractivity contribution >= 4 is 0 Å². The molecule has 1 aliphatic carbocycles. The number of aliphatic hydroxyl groups excluding tert-OH is 1. The molecule has 0 spiro atoms. The van der Waals surface area contributed by atoms with Gasteiger partial charge in [-0.1, -0.05) is 39.5 Å². The van der Waals surface area contributed by atoms with Crippen LogP contribution in [0.25, 0.3) is 0 Å². The fraction of sp³-hybridized carbons (Fsp3) is 1.00. The molecule has 3 heteroatoms. The van der Waals surface area contributed by atoms with Crippen molar-refractivity contribution in [2.24, 2.45) is 11.3 Å². The summed E-state index contributed by atoms with van der Waals surface area (Å²) in [5, 5.41) is 13.7. The molecule has 0 aromatic carbocycles. The summed E-state index contributed by atoms with van der Waals surface area (Å²) < 4.78 is 0. The zero-order chi connectivity index (χ0) is 15.1. The van der Waals surface area contributed by atoms with Gasteiger partial charge in [-0.2, -0.15) is 0 Å². The summed E-state index contributed by atoms with van der Waals surface area (Å²) in [6, 6.07) is 0. The summed E-state index contributed by atoms with van der Waals surface area (Å²) in [5.74, 6) is 0.727. The fourth-order valence-electron chi connectivity index (χ4n) is 4.14. The molecule has 3 nitrogen and oxygen atoms in total. The highest BCUT2D eigenvalue weighted by molar-refractivity contribution is 4.88. The van der Waals surface area contributed by atoms with Gasteiger partial charge in [0, 0.05) is 19.6 Å². The van der Waals surface area contributed by atoms with Gasteiger partial charge in [-0.3, -0.25) is 0 Å². The molecular weight excluding hydrogens is 260 g/mol. The van der Waals surface area contributed by atoms with Gasteiger partial charge in [0.2, 0.25) is 0 Å². The molecule has 2 rings (SSSR count). The Balaban J connectivity index is 1.93. The monoisotopic (exact) mass is 296 g/mol. The summed E-state index contributed by atoms with van der Waals surface area (Å²) >= 11 is 0. The third kappa shape index (κ3) is 5.88. The molecule has 1 saturated carbocycles. The first-order chi connectivity index (χ1) is 10.1. The van der Waals surface area contributed by atoms with Crippen molar-refractivity contribution in [1.82, 2.24) is 10.2 Å². The maximum Gasteiger partial charge on any atom is 0.0667 e. The maximum atomic E-state index is 9.94. The molecule has 0 radical (unpaired) electrons. The van der Waals surface area contributed by atoms with Gasteiger partial charge in [0.1, 0.15) is 0 Å². The minimum atomic E-state index is -0.0924. The number of rotatable bonds is 6. The summed E-state index contributed by atoms with van der Waals surface area (Å²) in [6.45, 7) is 10.1. The normalized spacial score (nSPS) is 27.7. The number of hydrogen-bond acceptors (Lipinski definition) is 3. The van der Waals surface area contributed by atoms with Crippen molar-refractivity contribution in [1.29, 1.82) is 0 Å². The average molecular weight is 296 g/mol. The van der Waals surface area contributed by atoms with Crippen LogP contribution in [0.2, 0.25) is 0 Å². The van der Waals surface area contributed by atoms with Gasteiger partial charge in [0.05, 0.1) is 6.10 Å². The van der Waals surface area contributed by atoms with Crippen LogP contribution in [0.15, 0.2) is 0 Å². The quantitative estimate of drug-likeness (QED) is 0.740. The molecule has 2 aliphatic rings. The Morgan fingerprint density at radius 2 is 1.86 bits per heavy atom. The van der Waals surface area contributed by atoms with Gasteiger partial charge < -0.3 is 15.3 Å². The van der Waals surface area contributed by atoms with E-state index in [2.05, 4.69) is 24.1 Å². The van der Waals surface area contributed by atoms with Crippen molar-refractivity contribution in [3.8, 4) is 0 Å². The molecule has 0 bridgehead atoms. The fourth-order valence-corrected chi connectivity index (χ4v) is 4.14. The Hall–Kier alpha value is -0.120. The predicted octanol–water partition coefficient (Wildman–Crippen LogP) is 3.03. The van der Waals surface area contributed by atoms with Gasteiger partial charge in [-0.25, -0.2) is 0 Å². The molecule has 1 atom stereocenters. The van der Waals surface area contributed by atoms with Crippen LogP contribution in [-0.2, 0) is 0 Å². The summed E-state index contributed by atoms with van der Waals surface area (Å²) in [5.41, 5.74) is 0.447. The molecule has 0 aromatic heterocycles. The number of nitrogens with zero attached hydrogens (tertiary/aromatic N) is 1. The first kappa shape index (κ1) is 17.2. The van der Waals surface area contributed by atoms with Gasteiger partial charge in [-0.15, -0.1) is 0 Å². The number of nitrogens with one attached hydrogen (secondary N) is 1. The zero-order valence-corrected chi connectivity index (χ0v) is 14.2. The van der Waals surface area contributed by atoms with Crippen LogP contribution in [0.1, 0.15) is 65.2 Å². The van der Waals surface area contributed by atoms with Crippen LogP contribution < -0.4 is 5.32 Å². The number of β-amino-alcohol motifs (C(OH)–C–C–N with tert-alkyl or cyclic N) is 1. The van der Waals surface area contributed by atoms with Crippen molar-refractivity contribution in [2.75, 3.05) is 32.7 Å². The zero-order valence-electron chi connectivity index (χ0n) is 14.2. The van der Waals surface area contributed by atoms with Crippen LogP contribution in [0, 0.1) is 11.3 Å². The number of hydrogen-bond donors (Lipinski definition) is 2. The molecule has 1 heterocycles. The molecule has 1 saturated heterocycles. The van der Waals surface area contributed by atoms with Gasteiger partial charge in [0.25, 0.3) is 0 Å². The molecule has 1 aliphatic heterocycles. The second-order valence-electron chi connectivity index (χ2n) is 7.97. The van der Waals surface area contributed by atoms with Crippen LogP contribution >= 0.6 is 0 Å². The standard InChI is InChI=1S/C18H36N2O/c1-16(2)12-19-14-18(9-5-3-4-6-10-18)15-20-11-7-8-17(21)13-20/h16-17,19,21H,3-15H2,1-2H3. The Kier molecular flexibility index (Phi) is 6.97. The molecule has 124 valence electrons. The van der Waals surface area contributed by atoms with Crippen LogP contribution in [0.3, 0.4) is 0 Å². The van der Waals surface area contributed by atoms with Crippen molar-refractivity contribution in [3.05, 3.63) is 0 Å². The van der Waals surface area contributed by atoms with Crippen LogP contribution in [0.5, 0.6) is 0 Å². The molecule has 0 amide bonds. The molecular formula is C18H36N2O. The number of likely N-dealkylation sites (tertiary alicyclic amines) is 1. The SMILES string of the molecule is CC(C)CNCC1(CN2CCCC(O)C2)CCCCCC1. The molecule has 2 N–H and O–H groups in total. The Bertz CT molecular complexity index is 285. The lowest BCUT2D eigenvalue weighted by atomic mass is 9.79. The highest BCUT2D eigenvalue weighted by Crippen LogP contribution is 2.36. The number of aliphatic hydroxyl groups is 1. The third-order valence-electron chi connectivity index (χ3n) is 5.26. The van der Waals surface area contributed by atoms with Crippen LogP contribution in [0.4, 0.5) is 0 Å². The second-order valence-corrected chi connectivity index (χ2v) is 7.97. The van der Waals surface area contributed by atoms with Crippen molar-refractivity contribution in [2.45, 2.75) is 71.3 Å². The predicted molar refractivity (Wildman–Crippen MR) is 89.5 cm³/mol. The lowest BCUT2D eigenvalue weighted by Crippen LogP contribution is -2.48. The maximum absolute atomic E-state index is 9.94. The summed E-state index contributed by atoms with van der Waals surface area (Å²) in [7, 11) is 0. The van der Waals surface area contributed by atoms with E-state index in [0.717, 1.165) is 38.4 Å². The molecule has 21 heavy (non-hydrogen) atoms. The Morgan fingerprint density at radius 3 is 2.48 bits per heavy atom. The van der Waals surface area contributed by atoms with Crippen LogP contribution in [-0.4, -0.2) is 48.8 Å². The van der Waals surface area contributed by atoms with E-state index in [4.69, 9.17) is 0 Å². The van der Waals surface area contributed by atoms with Crippen molar-refractivity contribution in [3.63, 3.8) is 0 Å². The smallest absolute Gasteiger partial charge is 0.0667 e. The molecule has 2 fully saturated rings. The van der Waals surface area contributed by atoms with E-state index in [1.807, 2.05) is 0 Å². The lowest BCUT2D eigenvalue weighted by Gasteiger charge is -2.41. The largest absolute Gasteiger partial charge is 0.392 e. The van der Waals surface area contributed by atoms with Crippen molar-refractivity contribution < 1.29 is 5.11 Å². The topological polar surface area (TPSA) is 35.5 Å². The summed E-state index contributed by atoms with van der Waals surface area (Å²) in [4.78, 5) is 2.54. The Morgan fingerprint density at radius 1 is 1.14 bits per heavy atom. The van der Waals surface area contributed by atoms with E-state index in [1.165, 1.54) is 51.6 Å². The highest BCUT2D eigenvalue weighted by atomic mass is 16.3. The minimum absolute atomic E-state index is 0.0924. The van der Waals surface area contributed by atoms with E-state index in [-0.39, 0.29) is 6.10 Å². The van der Waals surface area contributed by atoms with E-state index in [1.54, 1.807) is 0 Å². The van der Waals surface area contributed by atoms with E-state index >= 15 is 0 Å². The van der Waals surface area contributed by atoms with Gasteiger partial charge >= 0.3 is 0 Å². The highest BCUT2D eigenvalue weighted by Gasteiger charge is 2.33. The average Bonchev–Trinajstić information content (AvgIpc) is 2.64. The van der Waals surface area contributed by atoms with E-state index in [9.17, 15) is 5.11 Å². The third-order valence-corrected chi connectivity index (χ3v) is 5.26. The molecule has 1 unspecified atom stereocenters. The van der Waals surface area contributed by atoms with E-state index in [0.29, 0.717) is 5.41 Å². The number of piperidine rings is 1. The first-order valence-electron chi connectivity index (χ1n) is 9.21. The lowest BCUT2D eigenvalue weighted by molar-refractivity contribution is 0.0377. The summed E-state index contributed by atoms with van der Waals surface area (Å²) in [6.07, 6.45) is 10.4. The van der Waals surface area contributed by atoms with Gasteiger partial charge in [0.15, 0.2) is 0 Å². The minimum Gasteiger partial charge on any atom is -0.392 e. The van der Waals surface area contributed by atoms with E-state index < -0.39 is 0 Å². The Labute approximate surface area is 131 Å². The first-order valence-corrected chi connectivity index (χ1v) is 9.21. The second kappa shape index (κ2) is 8.50.